The lowest BCUT2D eigenvalue weighted by atomic mass is 9.77. The Bertz CT molecular complexity index is 1730. The second-order valence-electron chi connectivity index (χ2n) is 16.0. The van der Waals surface area contributed by atoms with Crippen molar-refractivity contribution in [3.8, 4) is 0 Å². The second-order valence-corrected chi connectivity index (χ2v) is 17.3. The summed E-state index contributed by atoms with van der Waals surface area (Å²) in [5.41, 5.74) is -1.12. The number of nitrogens with one attached hydrogen (secondary N) is 1. The summed E-state index contributed by atoms with van der Waals surface area (Å²) in [6.07, 6.45) is 3.14. The summed E-state index contributed by atoms with van der Waals surface area (Å²) in [7, 11) is -4.41. The number of amides is 3. The standard InChI is InChI=1S/C37H48FN3O10S/c1-5-23-17-37(23,34(45)39-52(47,48)51-25-13-14-25)18-31(42)30-15-26(50-35(46)40-19-22-9-8-12-29(38)27(22)21-40)20-41(30)33(44)28(36(2,3)4)16-32(43)49-24-10-6-7-11-24/h5,8-9,12,23-26,28,30H,1,6-7,10-11,13-21H2,2-4H3,(H,39,45)/t23-,26-,28-,30+,37-/m1/s1. The Hall–Kier alpha value is -3.85. The van der Waals surface area contributed by atoms with E-state index in [2.05, 4.69) is 6.58 Å². The average molecular weight is 746 g/mol. The molecule has 0 radical (unpaired) electrons. The molecule has 6 rings (SSSR count). The van der Waals surface area contributed by atoms with E-state index in [1.165, 1.54) is 21.9 Å². The van der Waals surface area contributed by atoms with Gasteiger partial charge in [0.1, 0.15) is 18.0 Å². The predicted molar refractivity (Wildman–Crippen MR) is 183 cm³/mol. The van der Waals surface area contributed by atoms with Crippen LogP contribution in [0.3, 0.4) is 0 Å². The molecule has 1 N–H and O–H groups in total. The molecule has 4 fully saturated rings. The van der Waals surface area contributed by atoms with Crippen molar-refractivity contribution in [3.63, 3.8) is 0 Å². The molecule has 1 saturated heterocycles. The van der Waals surface area contributed by atoms with E-state index in [0.29, 0.717) is 24.0 Å². The molecular formula is C37H48FN3O10S. The van der Waals surface area contributed by atoms with E-state index >= 15 is 0 Å². The topological polar surface area (TPSA) is 166 Å². The van der Waals surface area contributed by atoms with Crippen LogP contribution in [0.25, 0.3) is 0 Å². The van der Waals surface area contributed by atoms with E-state index in [0.717, 1.165) is 25.7 Å². The van der Waals surface area contributed by atoms with Crippen molar-refractivity contribution in [2.45, 2.75) is 122 Å². The number of ether oxygens (including phenoxy) is 2. The molecule has 1 aromatic carbocycles. The number of Topliss-reactive ketones (excluding diaryl/α,β-unsaturated/α-hetero) is 1. The van der Waals surface area contributed by atoms with E-state index < -0.39 is 93.1 Å². The summed E-state index contributed by atoms with van der Waals surface area (Å²) in [5.74, 6) is -4.26. The van der Waals surface area contributed by atoms with Crippen LogP contribution in [0.5, 0.6) is 0 Å². The van der Waals surface area contributed by atoms with E-state index in [1.807, 2.05) is 25.5 Å². The Morgan fingerprint density at radius 1 is 1.04 bits per heavy atom. The molecule has 3 aliphatic carbocycles. The number of ketones is 1. The first-order chi connectivity index (χ1) is 24.5. The van der Waals surface area contributed by atoms with Crippen LogP contribution in [0.15, 0.2) is 30.9 Å². The first kappa shape index (κ1) is 37.9. The van der Waals surface area contributed by atoms with E-state index in [-0.39, 0.29) is 45.0 Å². The molecule has 2 heterocycles. The number of halogens is 1. The van der Waals surface area contributed by atoms with E-state index in [1.54, 1.807) is 12.1 Å². The average Bonchev–Trinajstić information content (AvgIpc) is 3.77. The first-order valence-corrected chi connectivity index (χ1v) is 19.5. The zero-order chi connectivity index (χ0) is 37.6. The maximum atomic E-state index is 14.5. The Labute approximate surface area is 303 Å². The number of nitrogens with zero attached hydrogens (tertiary/aromatic N) is 2. The zero-order valence-corrected chi connectivity index (χ0v) is 30.8. The smallest absolute Gasteiger partial charge is 0.410 e. The molecule has 5 atom stereocenters. The van der Waals surface area contributed by atoms with Gasteiger partial charge in [0.05, 0.1) is 43.0 Å². The third kappa shape index (κ3) is 8.35. The number of rotatable bonds is 13. The van der Waals surface area contributed by atoms with Crippen LogP contribution in [0.4, 0.5) is 9.18 Å². The fourth-order valence-electron chi connectivity index (χ4n) is 7.73. The molecule has 5 aliphatic rings. The highest BCUT2D eigenvalue weighted by Gasteiger charge is 2.61. The Kier molecular flexibility index (Phi) is 10.6. The van der Waals surface area contributed by atoms with Crippen LogP contribution in [0.1, 0.15) is 96.1 Å². The molecule has 0 bridgehead atoms. The third-order valence-electron chi connectivity index (χ3n) is 11.0. The predicted octanol–water partition coefficient (Wildman–Crippen LogP) is 4.48. The van der Waals surface area contributed by atoms with Gasteiger partial charge in [-0.1, -0.05) is 39.0 Å². The molecule has 2 aliphatic heterocycles. The van der Waals surface area contributed by atoms with Gasteiger partial charge >= 0.3 is 22.4 Å². The van der Waals surface area contributed by atoms with E-state index in [4.69, 9.17) is 13.7 Å². The Balaban J connectivity index is 1.21. The van der Waals surface area contributed by atoms with Gasteiger partial charge in [-0.3, -0.25) is 28.3 Å². The number of benzene rings is 1. The lowest BCUT2D eigenvalue weighted by Gasteiger charge is -2.35. The fourth-order valence-corrected chi connectivity index (χ4v) is 8.76. The van der Waals surface area contributed by atoms with Crippen molar-refractivity contribution in [3.05, 3.63) is 47.8 Å². The van der Waals surface area contributed by atoms with Crippen molar-refractivity contribution >= 4 is 40.0 Å². The highest BCUT2D eigenvalue weighted by molar-refractivity contribution is 7.85. The zero-order valence-electron chi connectivity index (χ0n) is 29.9. The summed E-state index contributed by atoms with van der Waals surface area (Å²) in [4.78, 5) is 71.3. The molecular weight excluding hydrogens is 697 g/mol. The summed E-state index contributed by atoms with van der Waals surface area (Å²) >= 11 is 0. The van der Waals surface area contributed by atoms with Crippen molar-refractivity contribution in [2.75, 3.05) is 6.54 Å². The molecule has 1 aromatic rings. The number of likely N-dealkylation sites (tertiary alicyclic amines) is 1. The maximum Gasteiger partial charge on any atom is 0.410 e. The van der Waals surface area contributed by atoms with Crippen LogP contribution in [-0.4, -0.2) is 78.8 Å². The Morgan fingerprint density at radius 3 is 2.37 bits per heavy atom. The van der Waals surface area contributed by atoms with Crippen LogP contribution in [0.2, 0.25) is 0 Å². The third-order valence-corrected chi connectivity index (χ3v) is 12.0. The minimum Gasteiger partial charge on any atom is -0.462 e. The molecule has 0 spiro atoms. The van der Waals surface area contributed by atoms with Gasteiger partial charge in [-0.15, -0.1) is 6.58 Å². The van der Waals surface area contributed by atoms with Crippen LogP contribution in [-0.2, 0) is 56.2 Å². The highest BCUT2D eigenvalue weighted by Crippen LogP contribution is 2.57. The number of esters is 1. The van der Waals surface area contributed by atoms with E-state index in [9.17, 15) is 36.8 Å². The quantitative estimate of drug-likeness (QED) is 0.225. The monoisotopic (exact) mass is 745 g/mol. The number of carbonyl (C=O) groups excluding carboxylic acids is 5. The normalized spacial score (nSPS) is 26.4. The van der Waals surface area contributed by atoms with Crippen LogP contribution in [0, 0.1) is 28.5 Å². The number of hydrogen-bond donors (Lipinski definition) is 1. The van der Waals surface area contributed by atoms with Crippen molar-refractivity contribution in [1.82, 2.24) is 14.5 Å². The number of hydrogen-bond acceptors (Lipinski definition) is 10. The van der Waals surface area contributed by atoms with Crippen LogP contribution >= 0.6 is 0 Å². The number of allylic oxidation sites excluding steroid dienone is 1. The minimum absolute atomic E-state index is 0.00170. The summed E-state index contributed by atoms with van der Waals surface area (Å²) in [6.45, 7) is 9.17. The van der Waals surface area contributed by atoms with Gasteiger partial charge in [-0.25, -0.2) is 13.9 Å². The summed E-state index contributed by atoms with van der Waals surface area (Å²) in [6, 6.07) is 3.46. The lowest BCUT2D eigenvalue weighted by molar-refractivity contribution is -0.156. The van der Waals surface area contributed by atoms with Gasteiger partial charge in [0.15, 0.2) is 5.78 Å². The first-order valence-electron chi connectivity index (χ1n) is 18.1. The van der Waals surface area contributed by atoms with Gasteiger partial charge < -0.3 is 14.4 Å². The largest absolute Gasteiger partial charge is 0.462 e. The minimum atomic E-state index is -4.41. The van der Waals surface area contributed by atoms with Crippen molar-refractivity contribution < 1.29 is 50.4 Å². The van der Waals surface area contributed by atoms with Gasteiger partial charge in [0.2, 0.25) is 11.8 Å². The lowest BCUT2D eigenvalue weighted by Crippen LogP contribution is -2.48. The van der Waals surface area contributed by atoms with Crippen molar-refractivity contribution in [2.24, 2.45) is 22.7 Å². The fraction of sp³-hybridized carbons (Fsp3) is 0.649. The van der Waals surface area contributed by atoms with Gasteiger partial charge in [-0.05, 0) is 67.9 Å². The van der Waals surface area contributed by atoms with Gasteiger partial charge in [0, 0.05) is 24.9 Å². The highest BCUT2D eigenvalue weighted by atomic mass is 32.2. The Morgan fingerprint density at radius 2 is 1.75 bits per heavy atom. The molecule has 15 heteroatoms. The maximum absolute atomic E-state index is 14.5. The van der Waals surface area contributed by atoms with Crippen LogP contribution < -0.4 is 4.72 Å². The summed E-state index contributed by atoms with van der Waals surface area (Å²) in [5, 5.41) is 0. The molecule has 0 unspecified atom stereocenters. The SMILES string of the molecule is C=C[C@@H]1C[C@]1(CC(=O)[C@@H]1C[C@@H](OC(=O)N2Cc3cccc(F)c3C2)CN1C(=O)[C@@H](CC(=O)OC1CCCC1)C(C)(C)C)C(=O)NS(=O)(=O)OC1CC1. The molecule has 284 valence electrons. The molecule has 3 amide bonds. The molecule has 13 nitrogen and oxygen atoms in total. The molecule has 52 heavy (non-hydrogen) atoms. The number of fused-ring (bicyclic) bond motifs is 1. The second kappa shape index (κ2) is 14.5. The van der Waals surface area contributed by atoms with Gasteiger partial charge in [0.25, 0.3) is 0 Å². The number of carbonyl (C=O) groups is 5. The molecule has 3 saturated carbocycles. The van der Waals surface area contributed by atoms with Gasteiger partial charge in [-0.2, -0.15) is 8.42 Å². The van der Waals surface area contributed by atoms with Crippen molar-refractivity contribution in [1.29, 1.82) is 0 Å². The molecule has 0 aromatic heterocycles. The summed E-state index contributed by atoms with van der Waals surface area (Å²) < 4.78 is 58.0.